The molecule has 6 rings (SSSR count). The van der Waals surface area contributed by atoms with E-state index in [1.54, 1.807) is 12.1 Å². The number of nitrogens with zero attached hydrogens (tertiary/aromatic N) is 4. The molecule has 208 valence electrons. The number of likely N-dealkylation sites (tertiary alicyclic amines) is 2. The summed E-state index contributed by atoms with van der Waals surface area (Å²) >= 11 is 0. The molecule has 3 atom stereocenters. The van der Waals surface area contributed by atoms with E-state index in [-0.39, 0.29) is 17.7 Å². The highest BCUT2D eigenvalue weighted by molar-refractivity contribution is 5.73. The molecular weight excluding hydrogens is 491 g/mol. The number of aromatic nitrogens is 2. The summed E-state index contributed by atoms with van der Waals surface area (Å²) in [4.78, 5) is 21.7. The number of carboxylic acid groups (broad SMARTS) is 1. The van der Waals surface area contributed by atoms with Crippen molar-refractivity contribution in [3.8, 4) is 0 Å². The number of rotatable bonds is 9. The molecule has 0 spiro atoms. The molecule has 1 saturated carbocycles. The SMILES string of the molecule is CCc1ccn2c(C3CCN(CC4CN([C@@H](CC5CCC5)C(=O)O)C[C@@H]4c4cccc(F)c4)CC3)cnc2c1. The van der Waals surface area contributed by atoms with E-state index in [4.69, 9.17) is 4.98 Å². The molecular formula is C32H41FN4O2. The number of halogens is 1. The minimum atomic E-state index is -0.708. The molecule has 3 aromatic rings. The zero-order chi connectivity index (χ0) is 26.9. The van der Waals surface area contributed by atoms with Crippen LogP contribution in [0.2, 0.25) is 0 Å². The van der Waals surface area contributed by atoms with Gasteiger partial charge in [-0.3, -0.25) is 9.69 Å². The number of carbonyl (C=O) groups is 1. The van der Waals surface area contributed by atoms with Gasteiger partial charge < -0.3 is 14.4 Å². The molecule has 1 aliphatic carbocycles. The average Bonchev–Trinajstić information content (AvgIpc) is 3.52. The predicted octanol–water partition coefficient (Wildman–Crippen LogP) is 5.57. The van der Waals surface area contributed by atoms with Gasteiger partial charge in [-0.15, -0.1) is 0 Å². The van der Waals surface area contributed by atoms with E-state index >= 15 is 0 Å². The summed E-state index contributed by atoms with van der Waals surface area (Å²) in [5.74, 6) is 0.532. The van der Waals surface area contributed by atoms with Gasteiger partial charge >= 0.3 is 5.97 Å². The molecule has 1 aromatic carbocycles. The Labute approximate surface area is 230 Å². The van der Waals surface area contributed by atoms with Crippen molar-refractivity contribution in [3.63, 3.8) is 0 Å². The van der Waals surface area contributed by atoms with Crippen LogP contribution in [0.1, 0.15) is 74.1 Å². The first-order valence-electron chi connectivity index (χ1n) is 14.9. The number of aryl methyl sites for hydroxylation is 1. The lowest BCUT2D eigenvalue weighted by Gasteiger charge is -2.35. The number of carboxylic acids is 1. The number of fused-ring (bicyclic) bond motifs is 1. The van der Waals surface area contributed by atoms with Gasteiger partial charge in [0.1, 0.15) is 17.5 Å². The van der Waals surface area contributed by atoms with Gasteiger partial charge in [0.2, 0.25) is 0 Å². The van der Waals surface area contributed by atoms with Crippen LogP contribution >= 0.6 is 0 Å². The third-order valence-corrected chi connectivity index (χ3v) is 9.77. The molecule has 0 amide bonds. The molecule has 6 nitrogen and oxygen atoms in total. The van der Waals surface area contributed by atoms with Crippen LogP contribution in [0.3, 0.4) is 0 Å². The summed E-state index contributed by atoms with van der Waals surface area (Å²) in [6.07, 6.45) is 11.7. The fourth-order valence-electron chi connectivity index (χ4n) is 7.22. The number of piperidine rings is 1. The van der Waals surface area contributed by atoms with E-state index in [0.717, 1.165) is 75.9 Å². The first-order valence-corrected chi connectivity index (χ1v) is 14.9. The summed E-state index contributed by atoms with van der Waals surface area (Å²) in [6.45, 7) is 6.58. The molecule has 0 bridgehead atoms. The first kappa shape index (κ1) is 26.5. The summed E-state index contributed by atoms with van der Waals surface area (Å²) < 4.78 is 16.5. The van der Waals surface area contributed by atoms with Gasteiger partial charge in [0.15, 0.2) is 0 Å². The third kappa shape index (κ3) is 5.62. The van der Waals surface area contributed by atoms with Crippen molar-refractivity contribution in [2.75, 3.05) is 32.7 Å². The standard InChI is InChI=1S/C32H41FN4O2/c1-2-22-9-14-37-30(18-34-31(37)16-22)24-10-12-35(13-11-24)19-26-20-36(29(32(38)39)15-23-5-3-6-23)21-28(26)25-7-4-8-27(33)17-25/h4,7-9,14,16-18,23-24,26,28-29H,2-3,5-6,10-13,15,19-21H2,1H3,(H,38,39)/t26?,28-,29+/m1/s1. The van der Waals surface area contributed by atoms with Crippen LogP contribution in [0.4, 0.5) is 4.39 Å². The Morgan fingerprint density at radius 3 is 2.64 bits per heavy atom. The molecule has 2 saturated heterocycles. The van der Waals surface area contributed by atoms with Crippen LogP contribution in [0.5, 0.6) is 0 Å². The second-order valence-electron chi connectivity index (χ2n) is 12.1. The maximum atomic E-state index is 14.2. The monoisotopic (exact) mass is 532 g/mol. The van der Waals surface area contributed by atoms with Crippen molar-refractivity contribution in [1.82, 2.24) is 19.2 Å². The Hall–Kier alpha value is -2.77. The van der Waals surface area contributed by atoms with Gasteiger partial charge in [0.05, 0.1) is 0 Å². The van der Waals surface area contributed by atoms with E-state index < -0.39 is 12.0 Å². The summed E-state index contributed by atoms with van der Waals surface area (Å²) in [7, 11) is 0. The van der Waals surface area contributed by atoms with E-state index in [1.165, 1.54) is 23.7 Å². The Morgan fingerprint density at radius 1 is 1.13 bits per heavy atom. The normalized spacial score (nSPS) is 24.3. The zero-order valence-corrected chi connectivity index (χ0v) is 23.0. The van der Waals surface area contributed by atoms with Gasteiger partial charge in [-0.05, 0) is 86.0 Å². The predicted molar refractivity (Wildman–Crippen MR) is 151 cm³/mol. The Morgan fingerprint density at radius 2 is 1.95 bits per heavy atom. The molecule has 0 radical (unpaired) electrons. The highest BCUT2D eigenvalue weighted by atomic mass is 19.1. The van der Waals surface area contributed by atoms with Crippen LogP contribution in [0, 0.1) is 17.7 Å². The second-order valence-corrected chi connectivity index (χ2v) is 12.1. The number of hydrogen-bond acceptors (Lipinski definition) is 4. The Balaban J connectivity index is 1.14. The van der Waals surface area contributed by atoms with Crippen LogP contribution in [-0.2, 0) is 11.2 Å². The third-order valence-electron chi connectivity index (χ3n) is 9.77. The van der Waals surface area contributed by atoms with E-state index in [2.05, 4.69) is 45.7 Å². The van der Waals surface area contributed by atoms with E-state index in [1.807, 2.05) is 6.07 Å². The highest BCUT2D eigenvalue weighted by Crippen LogP contribution is 2.39. The van der Waals surface area contributed by atoms with Crippen molar-refractivity contribution < 1.29 is 14.3 Å². The quantitative estimate of drug-likeness (QED) is 0.390. The molecule has 7 heteroatoms. The highest BCUT2D eigenvalue weighted by Gasteiger charge is 2.41. The average molecular weight is 533 g/mol. The largest absolute Gasteiger partial charge is 0.480 e. The van der Waals surface area contributed by atoms with Crippen LogP contribution < -0.4 is 0 Å². The number of imidazole rings is 1. The van der Waals surface area contributed by atoms with Crippen LogP contribution in [-0.4, -0.2) is 69.0 Å². The number of benzene rings is 1. The van der Waals surface area contributed by atoms with Gasteiger partial charge in [0, 0.05) is 49.6 Å². The lowest BCUT2D eigenvalue weighted by Crippen LogP contribution is -2.43. The number of pyridine rings is 1. The van der Waals surface area contributed by atoms with Crippen molar-refractivity contribution in [2.45, 2.75) is 69.7 Å². The maximum Gasteiger partial charge on any atom is 0.320 e. The Bertz CT molecular complexity index is 1300. The molecule has 1 unspecified atom stereocenters. The topological polar surface area (TPSA) is 61.1 Å². The molecule has 1 N–H and O–H groups in total. The van der Waals surface area contributed by atoms with Gasteiger partial charge in [-0.2, -0.15) is 0 Å². The lowest BCUT2D eigenvalue weighted by molar-refractivity contribution is -0.144. The maximum absolute atomic E-state index is 14.2. The number of aliphatic carboxylic acids is 1. The van der Waals surface area contributed by atoms with Crippen LogP contribution in [0.15, 0.2) is 48.8 Å². The second kappa shape index (κ2) is 11.4. The molecule has 3 fully saturated rings. The fourth-order valence-corrected chi connectivity index (χ4v) is 7.22. The summed E-state index contributed by atoms with van der Waals surface area (Å²) in [5, 5.41) is 10.1. The summed E-state index contributed by atoms with van der Waals surface area (Å²) in [5.41, 5.74) is 4.65. The molecule has 39 heavy (non-hydrogen) atoms. The van der Waals surface area contributed by atoms with Crippen molar-refractivity contribution in [3.05, 3.63) is 71.4 Å². The van der Waals surface area contributed by atoms with E-state index in [0.29, 0.717) is 18.4 Å². The molecule has 4 heterocycles. The van der Waals surface area contributed by atoms with Crippen molar-refractivity contribution >= 4 is 11.6 Å². The van der Waals surface area contributed by atoms with E-state index in [9.17, 15) is 14.3 Å². The fraction of sp³-hybridized carbons (Fsp3) is 0.562. The van der Waals surface area contributed by atoms with Gasteiger partial charge in [0.25, 0.3) is 0 Å². The summed E-state index contributed by atoms with van der Waals surface area (Å²) in [6, 6.07) is 10.9. The zero-order valence-electron chi connectivity index (χ0n) is 23.0. The smallest absolute Gasteiger partial charge is 0.320 e. The molecule has 2 aliphatic heterocycles. The van der Waals surface area contributed by atoms with Crippen molar-refractivity contribution in [2.24, 2.45) is 11.8 Å². The Kier molecular flexibility index (Phi) is 7.72. The molecule has 3 aliphatic rings. The minimum absolute atomic E-state index is 0.146. The first-order chi connectivity index (χ1) is 19.0. The number of hydrogen-bond donors (Lipinski definition) is 1. The van der Waals surface area contributed by atoms with Crippen LogP contribution in [0.25, 0.3) is 5.65 Å². The van der Waals surface area contributed by atoms with Crippen molar-refractivity contribution in [1.29, 1.82) is 0 Å². The van der Waals surface area contributed by atoms with Gasteiger partial charge in [-0.1, -0.05) is 38.3 Å². The van der Waals surface area contributed by atoms with Gasteiger partial charge in [-0.25, -0.2) is 9.37 Å². The minimum Gasteiger partial charge on any atom is -0.480 e. The lowest BCUT2D eigenvalue weighted by atomic mass is 9.80. The molecule has 2 aromatic heterocycles.